The zero-order valence-electron chi connectivity index (χ0n) is 23.0. The molecule has 4 aromatic rings. The second-order valence-corrected chi connectivity index (χ2v) is 9.97. The van der Waals surface area contributed by atoms with Gasteiger partial charge in [0.05, 0.1) is 29.2 Å². The van der Waals surface area contributed by atoms with E-state index in [0.717, 1.165) is 30.6 Å². The Bertz CT molecular complexity index is 1670. The van der Waals surface area contributed by atoms with Crippen molar-refractivity contribution in [3.63, 3.8) is 0 Å². The molecule has 0 saturated heterocycles. The summed E-state index contributed by atoms with van der Waals surface area (Å²) in [4.78, 5) is 25.8. The van der Waals surface area contributed by atoms with Crippen LogP contribution in [0.3, 0.4) is 0 Å². The summed E-state index contributed by atoms with van der Waals surface area (Å²) in [5.74, 6) is -0.494. The van der Waals surface area contributed by atoms with Crippen molar-refractivity contribution < 1.29 is 14.6 Å². The Morgan fingerprint density at radius 3 is 2.56 bits per heavy atom. The van der Waals surface area contributed by atoms with Crippen LogP contribution in [0.15, 0.2) is 51.4 Å². The van der Waals surface area contributed by atoms with Crippen molar-refractivity contribution in [2.45, 2.75) is 53.4 Å². The fraction of sp³-hybridized carbons (Fsp3) is 0.333. The van der Waals surface area contributed by atoms with Gasteiger partial charge in [-0.2, -0.15) is 0 Å². The number of aromatic nitrogens is 3. The molecule has 0 amide bonds. The number of fused-ring (bicyclic) bond motifs is 1. The summed E-state index contributed by atoms with van der Waals surface area (Å²) in [5.41, 5.74) is 7.13. The fourth-order valence-electron chi connectivity index (χ4n) is 5.47. The maximum atomic E-state index is 13.3. The lowest BCUT2D eigenvalue weighted by Gasteiger charge is -2.16. The van der Waals surface area contributed by atoms with Crippen LogP contribution in [0, 0.1) is 20.8 Å². The van der Waals surface area contributed by atoms with Crippen LogP contribution in [0.2, 0.25) is 0 Å². The van der Waals surface area contributed by atoms with Crippen molar-refractivity contribution in [1.82, 2.24) is 14.3 Å². The van der Waals surface area contributed by atoms with E-state index in [-0.39, 0.29) is 29.3 Å². The van der Waals surface area contributed by atoms with Crippen molar-refractivity contribution >= 4 is 17.3 Å². The molecule has 0 radical (unpaired) electrons. The van der Waals surface area contributed by atoms with E-state index in [1.165, 1.54) is 22.2 Å². The lowest BCUT2D eigenvalue weighted by atomic mass is 9.91. The molecule has 5 rings (SSSR count). The Balaban J connectivity index is 1.50. The predicted octanol–water partition coefficient (Wildman–Crippen LogP) is 6.27. The van der Waals surface area contributed by atoms with Gasteiger partial charge < -0.3 is 14.4 Å². The zero-order chi connectivity index (χ0) is 27.8. The highest BCUT2D eigenvalue weighted by Gasteiger charge is 2.25. The van der Waals surface area contributed by atoms with Crippen LogP contribution in [-0.2, 0) is 24.6 Å². The summed E-state index contributed by atoms with van der Waals surface area (Å²) in [6.07, 6.45) is 4.44. The normalized spacial score (nSPS) is 13.2. The highest BCUT2D eigenvalue weighted by molar-refractivity contribution is 5.96. The number of nitrogens with zero attached hydrogens (tertiary/aromatic N) is 4. The van der Waals surface area contributed by atoms with Gasteiger partial charge in [0.25, 0.3) is 5.56 Å². The van der Waals surface area contributed by atoms with E-state index in [0.29, 0.717) is 28.1 Å². The Hall–Kier alpha value is -4.40. The van der Waals surface area contributed by atoms with E-state index < -0.39 is 5.97 Å². The molecule has 202 valence electrons. The van der Waals surface area contributed by atoms with Crippen molar-refractivity contribution in [2.24, 2.45) is 17.3 Å². The van der Waals surface area contributed by atoms with Gasteiger partial charge in [-0.3, -0.25) is 9.89 Å². The molecule has 9 nitrogen and oxygen atoms in total. The number of ether oxygens (including phenoxy) is 1. The molecule has 0 atom stereocenters. The number of esters is 1. The first kappa shape index (κ1) is 26.2. The summed E-state index contributed by atoms with van der Waals surface area (Å²) >= 11 is 0. The number of hydrogen-bond donors (Lipinski definition) is 2. The van der Waals surface area contributed by atoms with E-state index in [9.17, 15) is 14.7 Å². The minimum absolute atomic E-state index is 0.0939. The van der Waals surface area contributed by atoms with Crippen molar-refractivity contribution in [2.75, 3.05) is 6.61 Å². The van der Waals surface area contributed by atoms with E-state index in [2.05, 4.69) is 27.5 Å². The molecular formula is C30H33N5O4. The number of para-hydroxylation sites is 1. The number of phenols is 1. The van der Waals surface area contributed by atoms with Gasteiger partial charge in [-0.1, -0.05) is 12.1 Å². The first-order chi connectivity index (χ1) is 18.7. The maximum absolute atomic E-state index is 13.3. The smallest absolute Gasteiger partial charge is 0.340 e. The molecule has 2 N–H and O–H groups in total. The van der Waals surface area contributed by atoms with E-state index in [1.807, 2.05) is 31.5 Å². The summed E-state index contributed by atoms with van der Waals surface area (Å²) in [5, 5.41) is 22.8. The molecule has 9 heteroatoms. The number of rotatable bonds is 6. The Kier molecular flexibility index (Phi) is 6.99. The standard InChI is InChI=1S/C30H33N5O4/c1-6-39-30(38)25-17(2)27(34(5)19(25)4)23-12-9-13-24(28(23)36)31-32-26-18(3)33-35(29(26)37)22-15-14-20-10-7-8-11-21(20)16-22/h9,12-16,33,36H,6-8,10-11H2,1-5H3. The van der Waals surface area contributed by atoms with Gasteiger partial charge in [-0.15, -0.1) is 10.2 Å². The lowest BCUT2D eigenvalue weighted by molar-refractivity contribution is 0.0524. The first-order valence-electron chi connectivity index (χ1n) is 13.2. The molecule has 39 heavy (non-hydrogen) atoms. The summed E-state index contributed by atoms with van der Waals surface area (Å²) in [6, 6.07) is 11.3. The average Bonchev–Trinajstić information content (AvgIpc) is 3.33. The average molecular weight is 528 g/mol. The van der Waals surface area contributed by atoms with Gasteiger partial charge >= 0.3 is 5.97 Å². The minimum atomic E-state index is -0.400. The quantitative estimate of drug-likeness (QED) is 0.227. The SMILES string of the molecule is CCOC(=O)c1c(C)c(-c2cccc(N=Nc3c(C)[nH]n(-c4ccc5c(c4)CCCC5)c3=O)c2O)n(C)c1C. The van der Waals surface area contributed by atoms with Crippen molar-refractivity contribution in [3.05, 3.63) is 80.4 Å². The highest BCUT2D eigenvalue weighted by atomic mass is 16.5. The van der Waals surface area contributed by atoms with Crippen molar-refractivity contribution in [3.8, 4) is 22.7 Å². The monoisotopic (exact) mass is 527 g/mol. The van der Waals surface area contributed by atoms with Crippen LogP contribution in [0.5, 0.6) is 5.75 Å². The van der Waals surface area contributed by atoms with Crippen LogP contribution in [-0.4, -0.2) is 32.0 Å². The molecule has 2 aromatic carbocycles. The van der Waals surface area contributed by atoms with Gasteiger partial charge in [0.1, 0.15) is 5.69 Å². The van der Waals surface area contributed by atoms with Gasteiger partial charge in [-0.25, -0.2) is 9.48 Å². The number of nitrogens with one attached hydrogen (secondary N) is 1. The number of carbonyl (C=O) groups excluding carboxylic acids is 1. The number of benzene rings is 2. The molecule has 2 heterocycles. The molecule has 0 fully saturated rings. The molecule has 0 aliphatic heterocycles. The van der Waals surface area contributed by atoms with Crippen LogP contribution in [0.4, 0.5) is 11.4 Å². The number of aromatic hydroxyl groups is 1. The van der Waals surface area contributed by atoms with Crippen LogP contribution in [0.25, 0.3) is 16.9 Å². The number of azo groups is 1. The zero-order valence-corrected chi connectivity index (χ0v) is 23.0. The lowest BCUT2D eigenvalue weighted by Crippen LogP contribution is -2.15. The fourth-order valence-corrected chi connectivity index (χ4v) is 5.47. The number of hydrogen-bond acceptors (Lipinski definition) is 6. The molecule has 1 aliphatic rings. The van der Waals surface area contributed by atoms with Crippen LogP contribution >= 0.6 is 0 Å². The Morgan fingerprint density at radius 2 is 1.82 bits per heavy atom. The van der Waals surface area contributed by atoms with E-state index in [1.54, 1.807) is 32.0 Å². The molecule has 0 spiro atoms. The second-order valence-electron chi connectivity index (χ2n) is 9.97. The Labute approximate surface area is 226 Å². The highest BCUT2D eigenvalue weighted by Crippen LogP contribution is 2.41. The number of aromatic amines is 1. The number of H-pyrrole nitrogens is 1. The third-order valence-electron chi connectivity index (χ3n) is 7.57. The number of carbonyl (C=O) groups is 1. The van der Waals surface area contributed by atoms with Gasteiger partial charge in [0.15, 0.2) is 11.4 Å². The van der Waals surface area contributed by atoms with E-state index in [4.69, 9.17) is 4.74 Å². The third kappa shape index (κ3) is 4.58. The summed E-state index contributed by atoms with van der Waals surface area (Å²) in [7, 11) is 1.83. The topological polar surface area (TPSA) is 114 Å². The molecule has 1 aliphatic carbocycles. The largest absolute Gasteiger partial charge is 0.505 e. The molecule has 2 aromatic heterocycles. The van der Waals surface area contributed by atoms with Crippen molar-refractivity contribution in [1.29, 1.82) is 0 Å². The summed E-state index contributed by atoms with van der Waals surface area (Å²) < 4.78 is 8.58. The third-order valence-corrected chi connectivity index (χ3v) is 7.57. The van der Waals surface area contributed by atoms with E-state index >= 15 is 0 Å². The van der Waals surface area contributed by atoms with Gasteiger partial charge in [0, 0.05) is 18.3 Å². The molecule has 0 unspecified atom stereocenters. The molecule has 0 saturated carbocycles. The van der Waals surface area contributed by atoms with Gasteiger partial charge in [0.2, 0.25) is 0 Å². The maximum Gasteiger partial charge on any atom is 0.340 e. The second kappa shape index (κ2) is 10.4. The van der Waals surface area contributed by atoms with Crippen LogP contribution < -0.4 is 5.56 Å². The summed E-state index contributed by atoms with van der Waals surface area (Å²) in [6.45, 7) is 7.48. The minimum Gasteiger partial charge on any atom is -0.505 e. The predicted molar refractivity (Wildman–Crippen MR) is 150 cm³/mol. The Morgan fingerprint density at radius 1 is 1.08 bits per heavy atom. The van der Waals surface area contributed by atoms with Crippen LogP contribution in [0.1, 0.15) is 58.2 Å². The number of aryl methyl sites for hydroxylation is 3. The van der Waals surface area contributed by atoms with Gasteiger partial charge in [-0.05, 0) is 94.3 Å². The number of phenolic OH excluding ortho intramolecular Hbond substituents is 1. The molecular weight excluding hydrogens is 494 g/mol. The first-order valence-corrected chi connectivity index (χ1v) is 13.2. The molecule has 0 bridgehead atoms.